The number of carbonyl (C=O) groups excluding carboxylic acids is 1. The molecule has 0 radical (unpaired) electrons. The SMILES string of the molecule is O=C1C=COC(c2ccc3c(c2)CCO3)C1. The van der Waals surface area contributed by atoms with Crippen LogP contribution in [0.3, 0.4) is 0 Å². The maximum atomic E-state index is 11.3. The fourth-order valence-electron chi connectivity index (χ4n) is 2.11. The van der Waals surface area contributed by atoms with Crippen molar-refractivity contribution in [3.8, 4) is 5.75 Å². The van der Waals surface area contributed by atoms with Crippen LogP contribution in [0.25, 0.3) is 0 Å². The Bertz CT molecular complexity index is 462. The molecule has 0 saturated heterocycles. The van der Waals surface area contributed by atoms with Crippen LogP contribution in [0.5, 0.6) is 5.75 Å². The van der Waals surface area contributed by atoms with E-state index in [-0.39, 0.29) is 11.9 Å². The van der Waals surface area contributed by atoms with Gasteiger partial charge in [0.2, 0.25) is 0 Å². The third kappa shape index (κ3) is 1.58. The second kappa shape index (κ2) is 3.67. The lowest BCUT2D eigenvalue weighted by Gasteiger charge is -2.19. The molecule has 0 amide bonds. The van der Waals surface area contributed by atoms with Crippen molar-refractivity contribution in [2.24, 2.45) is 0 Å². The lowest BCUT2D eigenvalue weighted by molar-refractivity contribution is -0.118. The summed E-state index contributed by atoms with van der Waals surface area (Å²) in [5.41, 5.74) is 2.27. The molecule has 2 aliphatic rings. The van der Waals surface area contributed by atoms with E-state index < -0.39 is 0 Å². The Morgan fingerprint density at radius 2 is 2.25 bits per heavy atom. The van der Waals surface area contributed by atoms with E-state index in [1.165, 1.54) is 17.9 Å². The number of hydrogen-bond donors (Lipinski definition) is 0. The van der Waals surface area contributed by atoms with E-state index in [1.54, 1.807) is 0 Å². The van der Waals surface area contributed by atoms with Gasteiger partial charge in [-0.15, -0.1) is 0 Å². The molecule has 0 bridgehead atoms. The van der Waals surface area contributed by atoms with E-state index in [0.29, 0.717) is 6.42 Å². The van der Waals surface area contributed by atoms with Gasteiger partial charge in [-0.3, -0.25) is 4.79 Å². The molecule has 1 aromatic rings. The second-order valence-electron chi connectivity index (χ2n) is 4.06. The Hall–Kier alpha value is -1.77. The van der Waals surface area contributed by atoms with Crippen LogP contribution in [0, 0.1) is 0 Å². The molecule has 82 valence electrons. The van der Waals surface area contributed by atoms with Crippen molar-refractivity contribution in [2.75, 3.05) is 6.61 Å². The molecule has 1 unspecified atom stereocenters. The first-order valence-electron chi connectivity index (χ1n) is 5.43. The number of ketones is 1. The van der Waals surface area contributed by atoms with Gasteiger partial charge in [0.05, 0.1) is 19.3 Å². The van der Waals surface area contributed by atoms with Crippen molar-refractivity contribution < 1.29 is 14.3 Å². The molecular formula is C13H12O3. The van der Waals surface area contributed by atoms with Gasteiger partial charge in [-0.1, -0.05) is 6.07 Å². The minimum Gasteiger partial charge on any atom is -0.493 e. The maximum Gasteiger partial charge on any atom is 0.162 e. The predicted molar refractivity (Wildman–Crippen MR) is 58.2 cm³/mol. The molecule has 0 aliphatic carbocycles. The minimum atomic E-state index is -0.136. The van der Waals surface area contributed by atoms with Crippen LogP contribution in [-0.2, 0) is 16.0 Å². The van der Waals surface area contributed by atoms with E-state index in [2.05, 4.69) is 6.07 Å². The normalized spacial score (nSPS) is 22.5. The second-order valence-corrected chi connectivity index (χ2v) is 4.06. The summed E-state index contributed by atoms with van der Waals surface area (Å²) >= 11 is 0. The number of hydrogen-bond acceptors (Lipinski definition) is 3. The highest BCUT2D eigenvalue weighted by Gasteiger charge is 2.21. The van der Waals surface area contributed by atoms with Gasteiger partial charge in [-0.05, 0) is 23.3 Å². The van der Waals surface area contributed by atoms with Crippen LogP contribution >= 0.6 is 0 Å². The summed E-state index contributed by atoms with van der Waals surface area (Å²) in [4.78, 5) is 11.3. The number of allylic oxidation sites excluding steroid dienone is 1. The highest BCUT2D eigenvalue weighted by atomic mass is 16.5. The summed E-state index contributed by atoms with van der Waals surface area (Å²) < 4.78 is 10.9. The Morgan fingerprint density at radius 3 is 3.12 bits per heavy atom. The summed E-state index contributed by atoms with van der Waals surface area (Å²) in [6.45, 7) is 0.753. The number of fused-ring (bicyclic) bond motifs is 1. The van der Waals surface area contributed by atoms with Crippen LogP contribution in [0.2, 0.25) is 0 Å². The molecule has 3 heteroatoms. The van der Waals surface area contributed by atoms with Gasteiger partial charge in [-0.25, -0.2) is 0 Å². The molecule has 0 aromatic heterocycles. The first kappa shape index (κ1) is 9.46. The number of benzene rings is 1. The van der Waals surface area contributed by atoms with Crippen molar-refractivity contribution in [3.63, 3.8) is 0 Å². The summed E-state index contributed by atoms with van der Waals surface area (Å²) in [7, 11) is 0. The Balaban J connectivity index is 1.89. The molecule has 16 heavy (non-hydrogen) atoms. The standard InChI is InChI=1S/C13H12O3/c14-11-4-6-16-13(8-11)9-1-2-12-10(7-9)3-5-15-12/h1-2,4,6-7,13H,3,5,8H2. The van der Waals surface area contributed by atoms with Gasteiger partial charge >= 0.3 is 0 Å². The summed E-state index contributed by atoms with van der Waals surface area (Å²) in [6.07, 6.45) is 4.20. The van der Waals surface area contributed by atoms with Crippen LogP contribution in [0.15, 0.2) is 30.5 Å². The number of ether oxygens (including phenoxy) is 2. The third-order valence-corrected chi connectivity index (χ3v) is 2.97. The van der Waals surface area contributed by atoms with Crippen molar-refractivity contribution in [1.82, 2.24) is 0 Å². The van der Waals surface area contributed by atoms with Gasteiger partial charge in [0.15, 0.2) is 5.78 Å². The molecule has 1 atom stereocenters. The molecule has 0 spiro atoms. The molecular weight excluding hydrogens is 204 g/mol. The topological polar surface area (TPSA) is 35.5 Å². The smallest absolute Gasteiger partial charge is 0.162 e. The van der Waals surface area contributed by atoms with E-state index in [0.717, 1.165) is 24.3 Å². The van der Waals surface area contributed by atoms with E-state index in [4.69, 9.17) is 9.47 Å². The molecule has 2 heterocycles. The monoisotopic (exact) mass is 216 g/mol. The van der Waals surface area contributed by atoms with Gasteiger partial charge in [0.1, 0.15) is 11.9 Å². The van der Waals surface area contributed by atoms with Gasteiger partial charge < -0.3 is 9.47 Å². The summed E-state index contributed by atoms with van der Waals surface area (Å²) in [5.74, 6) is 1.08. The maximum absolute atomic E-state index is 11.3. The quantitative estimate of drug-likeness (QED) is 0.721. The van der Waals surface area contributed by atoms with Crippen molar-refractivity contribution in [1.29, 1.82) is 0 Å². The Morgan fingerprint density at radius 1 is 1.31 bits per heavy atom. The Kier molecular flexibility index (Phi) is 2.17. The van der Waals surface area contributed by atoms with Crippen molar-refractivity contribution in [2.45, 2.75) is 18.9 Å². The fraction of sp³-hybridized carbons (Fsp3) is 0.308. The third-order valence-electron chi connectivity index (χ3n) is 2.97. The molecule has 0 saturated carbocycles. The molecule has 3 nitrogen and oxygen atoms in total. The average Bonchev–Trinajstić information content (AvgIpc) is 2.75. The van der Waals surface area contributed by atoms with Crippen molar-refractivity contribution >= 4 is 5.78 Å². The number of rotatable bonds is 1. The van der Waals surface area contributed by atoms with Gasteiger partial charge in [-0.2, -0.15) is 0 Å². The van der Waals surface area contributed by atoms with Crippen LogP contribution < -0.4 is 4.74 Å². The van der Waals surface area contributed by atoms with Crippen LogP contribution in [0.1, 0.15) is 23.7 Å². The molecule has 0 N–H and O–H groups in total. The zero-order chi connectivity index (χ0) is 11.0. The zero-order valence-corrected chi connectivity index (χ0v) is 8.81. The molecule has 2 aliphatic heterocycles. The van der Waals surface area contributed by atoms with Crippen molar-refractivity contribution in [3.05, 3.63) is 41.7 Å². The first-order valence-corrected chi connectivity index (χ1v) is 5.43. The summed E-state index contributed by atoms with van der Waals surface area (Å²) in [5, 5.41) is 0. The lowest BCUT2D eigenvalue weighted by atomic mass is 10.00. The van der Waals surface area contributed by atoms with E-state index in [9.17, 15) is 4.79 Å². The summed E-state index contributed by atoms with van der Waals surface area (Å²) in [6, 6.07) is 6.02. The highest BCUT2D eigenvalue weighted by molar-refractivity contribution is 5.90. The van der Waals surface area contributed by atoms with Gasteiger partial charge in [0, 0.05) is 12.5 Å². The zero-order valence-electron chi connectivity index (χ0n) is 8.81. The predicted octanol–water partition coefficient (Wildman–Crippen LogP) is 2.17. The number of carbonyl (C=O) groups is 1. The Labute approximate surface area is 93.7 Å². The highest BCUT2D eigenvalue weighted by Crippen LogP contribution is 2.31. The molecule has 0 fully saturated rings. The van der Waals surface area contributed by atoms with E-state index >= 15 is 0 Å². The molecule has 1 aromatic carbocycles. The molecule has 3 rings (SSSR count). The largest absolute Gasteiger partial charge is 0.493 e. The fourth-order valence-corrected chi connectivity index (χ4v) is 2.11. The van der Waals surface area contributed by atoms with E-state index in [1.807, 2.05) is 12.1 Å². The lowest BCUT2D eigenvalue weighted by Crippen LogP contribution is -2.11. The van der Waals surface area contributed by atoms with Gasteiger partial charge in [0.25, 0.3) is 0 Å². The minimum absolute atomic E-state index is 0.119. The average molecular weight is 216 g/mol. The van der Waals surface area contributed by atoms with Crippen LogP contribution in [0.4, 0.5) is 0 Å². The first-order chi connectivity index (χ1) is 7.83. The van der Waals surface area contributed by atoms with Crippen LogP contribution in [-0.4, -0.2) is 12.4 Å².